The van der Waals surface area contributed by atoms with Gasteiger partial charge in [0.25, 0.3) is 0 Å². The molecule has 2 aromatic rings. The zero-order valence-electron chi connectivity index (χ0n) is 17.6. The Bertz CT molecular complexity index is 837. The number of ether oxygens (including phenoxy) is 1. The summed E-state index contributed by atoms with van der Waals surface area (Å²) >= 11 is 0. The third kappa shape index (κ3) is 3.80. The van der Waals surface area contributed by atoms with Gasteiger partial charge in [-0.2, -0.15) is 0 Å². The van der Waals surface area contributed by atoms with Crippen LogP contribution in [-0.2, 0) is 0 Å². The molecule has 0 N–H and O–H groups in total. The van der Waals surface area contributed by atoms with E-state index in [1.165, 1.54) is 16.9 Å². The van der Waals surface area contributed by atoms with Crippen LogP contribution in [0.2, 0.25) is 0 Å². The molecular weight excluding hydrogens is 334 g/mol. The van der Waals surface area contributed by atoms with Gasteiger partial charge in [-0.15, -0.1) is 0 Å². The van der Waals surface area contributed by atoms with Crippen LogP contribution in [0.15, 0.2) is 41.4 Å². The lowest BCUT2D eigenvalue weighted by atomic mass is 9.80. The van der Waals surface area contributed by atoms with Crippen LogP contribution < -0.4 is 14.5 Å². The minimum atomic E-state index is 0.140. The molecule has 1 aliphatic rings. The molecule has 1 atom stereocenters. The van der Waals surface area contributed by atoms with Crippen molar-refractivity contribution in [2.24, 2.45) is 4.99 Å². The summed E-state index contributed by atoms with van der Waals surface area (Å²) in [5.41, 5.74) is 5.88. The maximum atomic E-state index is 5.68. The Morgan fingerprint density at radius 3 is 2.44 bits per heavy atom. The number of aliphatic imine (C=N–C) groups is 1. The molecule has 3 rings (SSSR count). The molecule has 0 fully saturated rings. The predicted molar refractivity (Wildman–Crippen MR) is 117 cm³/mol. The Labute approximate surface area is 163 Å². The second kappa shape index (κ2) is 7.26. The van der Waals surface area contributed by atoms with Crippen molar-refractivity contribution < 1.29 is 4.74 Å². The molecule has 1 aliphatic heterocycles. The van der Waals surface area contributed by atoms with Gasteiger partial charge in [0, 0.05) is 55.9 Å². The molecule has 144 valence electrons. The average Bonchev–Trinajstić information content (AvgIpc) is 2.64. The van der Waals surface area contributed by atoms with E-state index in [4.69, 9.17) is 4.74 Å². The monoisotopic (exact) mass is 365 g/mol. The van der Waals surface area contributed by atoms with Crippen molar-refractivity contribution >= 4 is 23.3 Å². The molecule has 0 spiro atoms. The Morgan fingerprint density at radius 1 is 1.19 bits per heavy atom. The predicted octanol–water partition coefficient (Wildman–Crippen LogP) is 5.23. The quantitative estimate of drug-likeness (QED) is 0.694. The lowest BCUT2D eigenvalue weighted by Gasteiger charge is -2.45. The van der Waals surface area contributed by atoms with Crippen LogP contribution in [0.25, 0.3) is 0 Å². The Balaban J connectivity index is 1.95. The molecule has 1 unspecified atom stereocenters. The van der Waals surface area contributed by atoms with Crippen LogP contribution >= 0.6 is 0 Å². The highest BCUT2D eigenvalue weighted by molar-refractivity contribution is 5.88. The second-order valence-electron chi connectivity index (χ2n) is 8.30. The first-order valence-electron chi connectivity index (χ1n) is 9.50. The van der Waals surface area contributed by atoms with Crippen molar-refractivity contribution in [1.29, 1.82) is 0 Å². The van der Waals surface area contributed by atoms with E-state index < -0.39 is 0 Å². The van der Waals surface area contributed by atoms with E-state index in [0.29, 0.717) is 5.92 Å². The van der Waals surface area contributed by atoms with Gasteiger partial charge in [-0.25, -0.2) is 0 Å². The van der Waals surface area contributed by atoms with E-state index >= 15 is 0 Å². The average molecular weight is 366 g/mol. The number of fused-ring (bicyclic) bond motifs is 1. The van der Waals surface area contributed by atoms with Gasteiger partial charge >= 0.3 is 0 Å². The molecule has 0 saturated heterocycles. The van der Waals surface area contributed by atoms with Gasteiger partial charge in [0.1, 0.15) is 5.75 Å². The highest BCUT2D eigenvalue weighted by atomic mass is 16.5. The number of benzene rings is 2. The van der Waals surface area contributed by atoms with Crippen LogP contribution in [0.3, 0.4) is 0 Å². The first-order valence-corrected chi connectivity index (χ1v) is 9.50. The standard InChI is InChI=1S/C23H31N3O/c1-16-14-23(2,3)26(6)21-13-22(27-7)17(12-20(16)21)15-24-18-8-10-19(11-9-18)25(4)5/h8-13,15-16H,14H2,1-7H3. The summed E-state index contributed by atoms with van der Waals surface area (Å²) in [6.45, 7) is 6.90. The minimum Gasteiger partial charge on any atom is -0.496 e. The van der Waals surface area contributed by atoms with Gasteiger partial charge in [-0.05, 0) is 62.1 Å². The molecule has 0 saturated carbocycles. The largest absolute Gasteiger partial charge is 0.496 e. The third-order valence-corrected chi connectivity index (χ3v) is 5.70. The van der Waals surface area contributed by atoms with Crippen molar-refractivity contribution in [3.05, 3.63) is 47.5 Å². The molecular formula is C23H31N3O. The summed E-state index contributed by atoms with van der Waals surface area (Å²) in [4.78, 5) is 9.12. The highest BCUT2D eigenvalue weighted by Crippen LogP contribution is 2.44. The normalized spacial score (nSPS) is 18.5. The molecule has 0 amide bonds. The fourth-order valence-electron chi connectivity index (χ4n) is 3.87. The number of hydrogen-bond acceptors (Lipinski definition) is 4. The van der Waals surface area contributed by atoms with Gasteiger partial charge < -0.3 is 14.5 Å². The summed E-state index contributed by atoms with van der Waals surface area (Å²) in [5.74, 6) is 1.36. The number of methoxy groups -OCH3 is 1. The van der Waals surface area contributed by atoms with Gasteiger partial charge in [-0.3, -0.25) is 4.99 Å². The first-order chi connectivity index (χ1) is 12.7. The highest BCUT2D eigenvalue weighted by Gasteiger charge is 2.34. The maximum Gasteiger partial charge on any atom is 0.129 e. The van der Waals surface area contributed by atoms with E-state index in [2.05, 4.69) is 66.9 Å². The summed E-state index contributed by atoms with van der Waals surface area (Å²) < 4.78 is 5.68. The second-order valence-corrected chi connectivity index (χ2v) is 8.30. The van der Waals surface area contributed by atoms with E-state index in [-0.39, 0.29) is 5.54 Å². The van der Waals surface area contributed by atoms with Gasteiger partial charge in [0.2, 0.25) is 0 Å². The Morgan fingerprint density at radius 2 is 1.85 bits per heavy atom. The summed E-state index contributed by atoms with van der Waals surface area (Å²) in [7, 11) is 7.97. The van der Waals surface area contributed by atoms with Crippen molar-refractivity contribution in [2.75, 3.05) is 38.1 Å². The molecule has 0 radical (unpaired) electrons. The van der Waals surface area contributed by atoms with Gasteiger partial charge in [0.15, 0.2) is 0 Å². The number of nitrogens with zero attached hydrogens (tertiary/aromatic N) is 3. The SMILES string of the molecule is COc1cc2c(cc1C=Nc1ccc(N(C)C)cc1)C(C)CC(C)(C)N2C. The van der Waals surface area contributed by atoms with Crippen molar-refractivity contribution in [3.63, 3.8) is 0 Å². The van der Waals surface area contributed by atoms with E-state index in [1.54, 1.807) is 7.11 Å². The lowest BCUT2D eigenvalue weighted by molar-refractivity contribution is 0.389. The minimum absolute atomic E-state index is 0.140. The van der Waals surface area contributed by atoms with Crippen LogP contribution in [0, 0.1) is 0 Å². The summed E-state index contributed by atoms with van der Waals surface area (Å²) in [6.07, 6.45) is 3.04. The van der Waals surface area contributed by atoms with Crippen LogP contribution in [0.5, 0.6) is 5.75 Å². The van der Waals surface area contributed by atoms with Crippen LogP contribution in [-0.4, -0.2) is 40.0 Å². The summed E-state index contributed by atoms with van der Waals surface area (Å²) in [5, 5.41) is 0. The number of rotatable bonds is 4. The molecule has 4 heteroatoms. The number of anilines is 2. The Hall–Kier alpha value is -2.49. The van der Waals surface area contributed by atoms with Crippen molar-refractivity contribution in [2.45, 2.75) is 38.6 Å². The molecule has 4 nitrogen and oxygen atoms in total. The van der Waals surface area contributed by atoms with Gasteiger partial charge in [-0.1, -0.05) is 6.92 Å². The smallest absolute Gasteiger partial charge is 0.129 e. The Kier molecular flexibility index (Phi) is 5.18. The van der Waals surface area contributed by atoms with Crippen molar-refractivity contribution in [3.8, 4) is 5.75 Å². The molecule has 1 heterocycles. The maximum absolute atomic E-state index is 5.68. The molecule has 2 aromatic carbocycles. The van der Waals surface area contributed by atoms with E-state index in [9.17, 15) is 0 Å². The topological polar surface area (TPSA) is 28.1 Å². The van der Waals surface area contributed by atoms with E-state index in [0.717, 1.165) is 23.4 Å². The van der Waals surface area contributed by atoms with Crippen molar-refractivity contribution in [1.82, 2.24) is 0 Å². The van der Waals surface area contributed by atoms with E-state index in [1.807, 2.05) is 32.4 Å². The zero-order valence-corrected chi connectivity index (χ0v) is 17.6. The number of hydrogen-bond donors (Lipinski definition) is 0. The summed E-state index contributed by atoms with van der Waals surface area (Å²) in [6, 6.07) is 12.6. The fourth-order valence-corrected chi connectivity index (χ4v) is 3.87. The van der Waals surface area contributed by atoms with Crippen LogP contribution in [0.1, 0.15) is 44.2 Å². The third-order valence-electron chi connectivity index (χ3n) is 5.70. The zero-order chi connectivity index (χ0) is 19.8. The van der Waals surface area contributed by atoms with Gasteiger partial charge in [0.05, 0.1) is 12.8 Å². The lowest BCUT2D eigenvalue weighted by Crippen LogP contribution is -2.45. The fraction of sp³-hybridized carbons (Fsp3) is 0.435. The molecule has 0 aromatic heterocycles. The molecule has 27 heavy (non-hydrogen) atoms. The molecule has 0 aliphatic carbocycles. The first kappa shape index (κ1) is 19.3. The van der Waals surface area contributed by atoms with Crippen LogP contribution in [0.4, 0.5) is 17.1 Å². The molecule has 0 bridgehead atoms.